The first-order valence-electron chi connectivity index (χ1n) is 4.41. The lowest BCUT2D eigenvalue weighted by Crippen LogP contribution is -2.07. The summed E-state index contributed by atoms with van der Waals surface area (Å²) in [7, 11) is 0. The van der Waals surface area contributed by atoms with Gasteiger partial charge in [-0.05, 0) is 30.7 Å². The molecular weight excluding hydrogens is 166 g/mol. The van der Waals surface area contributed by atoms with E-state index in [2.05, 4.69) is 5.32 Å². The average molecular weight is 179 g/mol. The first kappa shape index (κ1) is 8.38. The third-order valence-corrected chi connectivity index (χ3v) is 2.13. The lowest BCUT2D eigenvalue weighted by atomic mass is 10.2. The minimum Gasteiger partial charge on any atom is -0.508 e. The highest BCUT2D eigenvalue weighted by molar-refractivity contribution is 5.50. The number of aryl methyl sites for hydroxylation is 1. The average Bonchev–Trinajstić information content (AvgIpc) is 2.91. The van der Waals surface area contributed by atoms with Gasteiger partial charge in [0.1, 0.15) is 5.75 Å². The highest BCUT2D eigenvalue weighted by Crippen LogP contribution is 2.20. The summed E-state index contributed by atoms with van der Waals surface area (Å²) in [5.74, 6) is 0.341. The number of benzene rings is 1. The van der Waals surface area contributed by atoms with E-state index in [1.807, 2.05) is 19.1 Å². The number of phenols is 1. The van der Waals surface area contributed by atoms with Gasteiger partial charge < -0.3 is 15.2 Å². The lowest BCUT2D eigenvalue weighted by molar-refractivity contribution is 0.416. The van der Waals surface area contributed by atoms with Crippen LogP contribution in [-0.4, -0.2) is 24.4 Å². The Kier molecular flexibility index (Phi) is 2.10. The highest BCUT2D eigenvalue weighted by Gasteiger charge is 2.21. The van der Waals surface area contributed by atoms with Crippen molar-refractivity contribution in [3.05, 3.63) is 23.8 Å². The summed E-state index contributed by atoms with van der Waals surface area (Å²) in [6.45, 7) is 3.60. The van der Waals surface area contributed by atoms with Gasteiger partial charge in [-0.25, -0.2) is 0 Å². The third-order valence-electron chi connectivity index (χ3n) is 2.13. The normalized spacial score (nSPS) is 19.9. The number of nitrogens with one attached hydrogen (secondary N) is 1. The van der Waals surface area contributed by atoms with Gasteiger partial charge in [-0.3, -0.25) is 0 Å². The van der Waals surface area contributed by atoms with Crippen LogP contribution in [0.15, 0.2) is 18.2 Å². The van der Waals surface area contributed by atoms with Crippen LogP contribution in [0.1, 0.15) is 5.56 Å². The molecule has 1 aliphatic heterocycles. The predicted octanol–water partition coefficient (Wildman–Crippen LogP) is 1.51. The fraction of sp³-hybridized carbons (Fsp3) is 0.400. The van der Waals surface area contributed by atoms with Crippen LogP contribution in [0.5, 0.6) is 5.75 Å². The van der Waals surface area contributed by atoms with E-state index in [9.17, 15) is 5.11 Å². The van der Waals surface area contributed by atoms with Crippen LogP contribution < -0.4 is 5.32 Å². The van der Waals surface area contributed by atoms with E-state index >= 15 is 0 Å². The molecule has 1 heterocycles. The van der Waals surface area contributed by atoms with Crippen LogP contribution in [0.3, 0.4) is 0 Å². The molecule has 1 aliphatic rings. The fourth-order valence-corrected chi connectivity index (χ4v) is 1.18. The van der Waals surface area contributed by atoms with Crippen LogP contribution in [-0.2, 0) is 4.74 Å². The van der Waals surface area contributed by atoms with Crippen LogP contribution in [0.25, 0.3) is 0 Å². The molecule has 1 atom stereocenters. The van der Waals surface area contributed by atoms with Gasteiger partial charge >= 0.3 is 0 Å². The largest absolute Gasteiger partial charge is 0.508 e. The molecule has 2 rings (SSSR count). The van der Waals surface area contributed by atoms with Gasteiger partial charge in [-0.2, -0.15) is 0 Å². The van der Waals surface area contributed by atoms with Crippen molar-refractivity contribution in [2.24, 2.45) is 0 Å². The van der Waals surface area contributed by atoms with Crippen LogP contribution in [0.2, 0.25) is 0 Å². The zero-order valence-electron chi connectivity index (χ0n) is 7.58. The van der Waals surface area contributed by atoms with Gasteiger partial charge in [0.15, 0.2) is 0 Å². The van der Waals surface area contributed by atoms with Crippen LogP contribution >= 0.6 is 0 Å². The minimum absolute atomic E-state index is 0.341. The molecule has 13 heavy (non-hydrogen) atoms. The first-order valence-corrected chi connectivity index (χ1v) is 4.41. The second-order valence-electron chi connectivity index (χ2n) is 3.34. The topological polar surface area (TPSA) is 44.8 Å². The Labute approximate surface area is 77.3 Å². The Morgan fingerprint density at radius 3 is 3.00 bits per heavy atom. The molecule has 3 nitrogen and oxygen atoms in total. The van der Waals surface area contributed by atoms with Crippen LogP contribution in [0.4, 0.5) is 5.69 Å². The molecule has 70 valence electrons. The SMILES string of the molecule is Cc1cc(NCC2CO2)ccc1O. The number of aromatic hydroxyl groups is 1. The zero-order valence-corrected chi connectivity index (χ0v) is 7.58. The Morgan fingerprint density at radius 1 is 1.62 bits per heavy atom. The summed E-state index contributed by atoms with van der Waals surface area (Å²) in [6.07, 6.45) is 0.383. The van der Waals surface area contributed by atoms with Crippen molar-refractivity contribution in [1.29, 1.82) is 0 Å². The number of anilines is 1. The summed E-state index contributed by atoms with van der Waals surface area (Å²) in [5.41, 5.74) is 1.92. The van der Waals surface area contributed by atoms with Gasteiger partial charge in [0.2, 0.25) is 0 Å². The number of ether oxygens (including phenoxy) is 1. The second kappa shape index (κ2) is 3.26. The molecule has 0 spiro atoms. The maximum absolute atomic E-state index is 9.28. The van der Waals surface area contributed by atoms with Gasteiger partial charge in [-0.1, -0.05) is 0 Å². The molecule has 0 aliphatic carbocycles. The summed E-state index contributed by atoms with van der Waals surface area (Å²) < 4.78 is 5.07. The lowest BCUT2D eigenvalue weighted by Gasteiger charge is -2.05. The van der Waals surface area contributed by atoms with Crippen LogP contribution in [0, 0.1) is 6.92 Å². The number of phenolic OH excluding ortho intramolecular Hbond substituents is 1. The van der Waals surface area contributed by atoms with Crippen molar-refractivity contribution in [2.75, 3.05) is 18.5 Å². The van der Waals surface area contributed by atoms with E-state index in [0.29, 0.717) is 11.9 Å². The molecule has 1 saturated heterocycles. The molecule has 0 radical (unpaired) electrons. The van der Waals surface area contributed by atoms with Gasteiger partial charge in [0, 0.05) is 12.2 Å². The summed E-state index contributed by atoms with van der Waals surface area (Å²) in [5, 5.41) is 12.5. The standard InChI is InChI=1S/C10H13NO2/c1-7-4-8(2-3-10(7)12)11-5-9-6-13-9/h2-4,9,11-12H,5-6H2,1H3. The van der Waals surface area contributed by atoms with E-state index in [1.165, 1.54) is 0 Å². The maximum atomic E-state index is 9.28. The molecular formula is C10H13NO2. The molecule has 0 amide bonds. The van der Waals surface area contributed by atoms with Crippen molar-refractivity contribution in [2.45, 2.75) is 13.0 Å². The van der Waals surface area contributed by atoms with E-state index in [4.69, 9.17) is 4.74 Å². The molecule has 0 aromatic heterocycles. The molecule has 1 unspecified atom stereocenters. The Morgan fingerprint density at radius 2 is 2.38 bits per heavy atom. The van der Waals surface area contributed by atoms with Crippen molar-refractivity contribution in [3.63, 3.8) is 0 Å². The smallest absolute Gasteiger partial charge is 0.118 e. The second-order valence-corrected chi connectivity index (χ2v) is 3.34. The molecule has 3 heteroatoms. The third kappa shape index (κ3) is 2.12. The highest BCUT2D eigenvalue weighted by atomic mass is 16.6. The molecule has 0 saturated carbocycles. The quantitative estimate of drug-likeness (QED) is 0.546. The molecule has 1 fully saturated rings. The van der Waals surface area contributed by atoms with Gasteiger partial charge in [0.25, 0.3) is 0 Å². The Balaban J connectivity index is 1.98. The predicted molar refractivity (Wildman–Crippen MR) is 51.1 cm³/mol. The monoisotopic (exact) mass is 179 g/mol. The molecule has 1 aromatic carbocycles. The van der Waals surface area contributed by atoms with E-state index in [1.54, 1.807) is 6.07 Å². The van der Waals surface area contributed by atoms with E-state index < -0.39 is 0 Å². The molecule has 1 aromatic rings. The van der Waals surface area contributed by atoms with Crippen molar-refractivity contribution in [1.82, 2.24) is 0 Å². The fourth-order valence-electron chi connectivity index (χ4n) is 1.18. The Bertz CT molecular complexity index is 308. The molecule has 2 N–H and O–H groups in total. The first-order chi connectivity index (χ1) is 6.25. The van der Waals surface area contributed by atoms with E-state index in [-0.39, 0.29) is 0 Å². The van der Waals surface area contributed by atoms with Gasteiger partial charge in [-0.15, -0.1) is 0 Å². The summed E-state index contributed by atoms with van der Waals surface area (Å²) >= 11 is 0. The summed E-state index contributed by atoms with van der Waals surface area (Å²) in [6, 6.07) is 5.49. The van der Waals surface area contributed by atoms with Gasteiger partial charge in [0.05, 0.1) is 12.7 Å². The number of hydrogen-bond donors (Lipinski definition) is 2. The van der Waals surface area contributed by atoms with Crippen molar-refractivity contribution in [3.8, 4) is 5.75 Å². The maximum Gasteiger partial charge on any atom is 0.118 e. The number of hydrogen-bond acceptors (Lipinski definition) is 3. The minimum atomic E-state index is 0.341. The van der Waals surface area contributed by atoms with E-state index in [0.717, 1.165) is 24.4 Å². The zero-order chi connectivity index (χ0) is 9.26. The summed E-state index contributed by atoms with van der Waals surface area (Å²) in [4.78, 5) is 0. The Hall–Kier alpha value is -1.22. The number of rotatable bonds is 3. The number of epoxide rings is 1. The molecule has 0 bridgehead atoms. The van der Waals surface area contributed by atoms with Crippen molar-refractivity contribution >= 4 is 5.69 Å². The van der Waals surface area contributed by atoms with Crippen molar-refractivity contribution < 1.29 is 9.84 Å².